The number of nitrogens with one attached hydrogen (secondary N) is 1. The number of phosphoric ester groups is 1. The van der Waals surface area contributed by atoms with Gasteiger partial charge in [0, 0.05) is 24.7 Å². The smallest absolute Gasteiger partial charge is 0.387 e. The second kappa shape index (κ2) is 14.5. The Hall–Kier alpha value is -0.210. The molecule has 2 unspecified atom stereocenters. The van der Waals surface area contributed by atoms with Crippen LogP contribution in [0.15, 0.2) is 11.5 Å². The fourth-order valence-electron chi connectivity index (χ4n) is 3.57. The molecule has 3 rings (SSSR count). The van der Waals surface area contributed by atoms with E-state index in [-0.39, 0.29) is 27.9 Å². The van der Waals surface area contributed by atoms with Gasteiger partial charge in [0.1, 0.15) is 18.3 Å². The summed E-state index contributed by atoms with van der Waals surface area (Å²) in [5, 5.41) is 24.2. The molecule has 16 nitrogen and oxygen atoms in total. The highest BCUT2D eigenvalue weighted by atomic mass is 35.5. The number of ether oxygens (including phenoxy) is 1. The lowest BCUT2D eigenvalue weighted by Gasteiger charge is -2.28. The summed E-state index contributed by atoms with van der Waals surface area (Å²) in [5.74, 6) is 0.464. The molecule has 44 heavy (non-hydrogen) atoms. The van der Waals surface area contributed by atoms with E-state index < -0.39 is 70.3 Å². The van der Waals surface area contributed by atoms with E-state index in [1.807, 2.05) is 6.26 Å². The minimum absolute atomic E-state index is 0.0139. The second-order valence-electron chi connectivity index (χ2n) is 9.10. The van der Waals surface area contributed by atoms with Crippen LogP contribution in [0.4, 0.5) is 19.0 Å². The Morgan fingerprint density at radius 2 is 1.80 bits per heavy atom. The number of hydrogen-bond donors (Lipinski definition) is 6. The van der Waals surface area contributed by atoms with Crippen molar-refractivity contribution in [1.82, 2.24) is 19.5 Å². The summed E-state index contributed by atoms with van der Waals surface area (Å²) >= 11 is 13.2. The Bertz CT molecular complexity index is 1470. The number of aliphatic hydroxyl groups is 2. The van der Waals surface area contributed by atoms with Crippen LogP contribution in [0, 0.1) is 0 Å². The molecule has 1 aliphatic rings. The predicted molar refractivity (Wildman–Crippen MR) is 156 cm³/mol. The maximum atomic E-state index is 12.7. The molecule has 1 saturated heterocycles. The molecular weight excluding hydrogens is 747 g/mol. The summed E-state index contributed by atoms with van der Waals surface area (Å²) in [6, 6.07) is 0. The van der Waals surface area contributed by atoms with Crippen molar-refractivity contribution in [2.75, 3.05) is 42.9 Å². The Morgan fingerprint density at radius 3 is 2.39 bits per heavy atom. The molecule has 252 valence electrons. The molecule has 0 amide bonds. The van der Waals surface area contributed by atoms with Crippen molar-refractivity contribution in [3.63, 3.8) is 0 Å². The topological polar surface area (TPSA) is 236 Å². The minimum atomic E-state index is -5.54. The van der Waals surface area contributed by atoms with Crippen LogP contribution in [0.3, 0.4) is 0 Å². The highest BCUT2D eigenvalue weighted by Gasteiger charge is 2.60. The molecule has 26 heteroatoms. The van der Waals surface area contributed by atoms with Gasteiger partial charge in [-0.1, -0.05) is 35.0 Å². The normalized spacial score (nSPS) is 24.4. The number of aliphatic hydroxyl groups excluding tert-OH is 2. The van der Waals surface area contributed by atoms with E-state index >= 15 is 0 Å². The van der Waals surface area contributed by atoms with Gasteiger partial charge in [-0.05, 0) is 6.26 Å². The lowest BCUT2D eigenvalue weighted by molar-refractivity contribution is -0.129. The van der Waals surface area contributed by atoms with Gasteiger partial charge in [-0.3, -0.25) is 18.2 Å². The number of phosphoric acid groups is 1. The van der Waals surface area contributed by atoms with Crippen molar-refractivity contribution in [1.29, 1.82) is 0 Å². The van der Waals surface area contributed by atoms with Crippen LogP contribution in [0.2, 0.25) is 0 Å². The fraction of sp³-hybridized carbons (Fsp3) is 0.722. The summed E-state index contributed by atoms with van der Waals surface area (Å²) < 4.78 is 87.0. The highest BCUT2D eigenvalue weighted by molar-refractivity contribution is 7.99. The number of alkyl halides is 5. The zero-order chi connectivity index (χ0) is 33.3. The Balaban J connectivity index is 1.82. The molecule has 3 heterocycles. The largest absolute Gasteiger partial charge is 0.478 e. The van der Waals surface area contributed by atoms with Gasteiger partial charge < -0.3 is 34.9 Å². The fourth-order valence-corrected chi connectivity index (χ4v) is 9.97. The van der Waals surface area contributed by atoms with Crippen molar-refractivity contribution < 1.29 is 65.3 Å². The van der Waals surface area contributed by atoms with Crippen LogP contribution >= 0.6 is 69.5 Å². The third-order valence-corrected chi connectivity index (χ3v) is 16.4. The van der Waals surface area contributed by atoms with E-state index in [1.54, 1.807) is 0 Å². The molecule has 6 N–H and O–H groups in total. The van der Waals surface area contributed by atoms with Gasteiger partial charge in [0.2, 0.25) is 0 Å². The molecular formula is C18H27Cl2F3N5O11P3S2. The number of nitrogens with zero attached hydrogens (tertiary/aromatic N) is 4. The van der Waals surface area contributed by atoms with Gasteiger partial charge in [0.05, 0.1) is 19.4 Å². The lowest BCUT2D eigenvalue weighted by atomic mass is 10.1. The van der Waals surface area contributed by atoms with E-state index in [0.717, 1.165) is 11.8 Å². The summed E-state index contributed by atoms with van der Waals surface area (Å²) in [5.41, 5.74) is 0.180. The van der Waals surface area contributed by atoms with Crippen LogP contribution in [-0.2, 0) is 27.3 Å². The van der Waals surface area contributed by atoms with Gasteiger partial charge in [0.15, 0.2) is 28.4 Å². The maximum Gasteiger partial charge on any atom is 0.478 e. The van der Waals surface area contributed by atoms with Crippen LogP contribution in [0.25, 0.3) is 11.2 Å². The van der Waals surface area contributed by atoms with Crippen molar-refractivity contribution in [2.45, 2.75) is 46.1 Å². The minimum Gasteiger partial charge on any atom is -0.387 e. The molecule has 0 spiro atoms. The van der Waals surface area contributed by atoms with E-state index in [0.29, 0.717) is 19.0 Å². The Labute approximate surface area is 266 Å². The van der Waals surface area contributed by atoms with Crippen LogP contribution in [-0.4, -0.2) is 110 Å². The van der Waals surface area contributed by atoms with Crippen LogP contribution in [0.1, 0.15) is 12.6 Å². The van der Waals surface area contributed by atoms with E-state index in [2.05, 4.69) is 29.1 Å². The van der Waals surface area contributed by atoms with Crippen molar-refractivity contribution in [3.05, 3.63) is 6.33 Å². The molecule has 0 saturated carbocycles. The summed E-state index contributed by atoms with van der Waals surface area (Å²) in [6.07, 6.45) is -8.97. The standard InChI is InChI=1S/C18H27Cl2F3N5O11P3S2/c1-40(31,18(19,20)41(32,33)34)39-42(35,36)37-7-9-11(29)12(30)15(38-9)28-8-25-10-13(24-4-6-43-2)26-16(27-14(10)28)44-5-3-17(21,22)23/h8-9,11-12,15,29-30H,3-7H2,1-2H3,(H,35,36)(H,24,26,27)(H2,32,33,34)/t9-,11-,12-,15-,40?/m1/s1. The number of imidazole rings is 1. The van der Waals surface area contributed by atoms with Crippen LogP contribution in [0.5, 0.6) is 0 Å². The van der Waals surface area contributed by atoms with Gasteiger partial charge in [0.25, 0.3) is 11.2 Å². The van der Waals surface area contributed by atoms with Gasteiger partial charge in [-0.25, -0.2) is 23.8 Å². The molecule has 0 aliphatic carbocycles. The molecule has 2 aromatic heterocycles. The Morgan fingerprint density at radius 1 is 1.14 bits per heavy atom. The lowest BCUT2D eigenvalue weighted by Crippen LogP contribution is -2.33. The van der Waals surface area contributed by atoms with E-state index in [1.165, 1.54) is 22.7 Å². The zero-order valence-corrected chi connectivity index (χ0v) is 28.3. The van der Waals surface area contributed by atoms with Crippen molar-refractivity contribution in [3.8, 4) is 0 Å². The third-order valence-electron chi connectivity index (χ3n) is 5.73. The molecule has 2 aromatic rings. The first-order valence-electron chi connectivity index (χ1n) is 12.0. The summed E-state index contributed by atoms with van der Waals surface area (Å²) in [6.45, 7) is -0.0767. The third kappa shape index (κ3) is 9.23. The molecule has 0 aromatic carbocycles. The molecule has 6 atom stereocenters. The van der Waals surface area contributed by atoms with Gasteiger partial charge >= 0.3 is 21.6 Å². The number of aromatic nitrogens is 4. The number of anilines is 1. The first-order chi connectivity index (χ1) is 20.1. The Kier molecular flexibility index (Phi) is 12.6. The summed E-state index contributed by atoms with van der Waals surface area (Å²) in [4.78, 5) is 41.2. The molecule has 0 bridgehead atoms. The molecule has 1 fully saturated rings. The zero-order valence-electron chi connectivity index (χ0n) is 22.4. The number of hydrogen-bond acceptors (Lipinski definition) is 14. The van der Waals surface area contributed by atoms with Gasteiger partial charge in [-0.15, -0.1) is 0 Å². The average molecular weight is 774 g/mol. The SMILES string of the molecule is CSCCNc1nc(SCCC(F)(F)F)nc2c1ncn2[C@@H]1O[C@H](COP(=O)(O)OP(C)(=O)C(Cl)(Cl)P(=O)(O)O)[C@@H](O)[C@H]1O. The van der Waals surface area contributed by atoms with E-state index in [4.69, 9.17) is 27.9 Å². The number of fused-ring (bicyclic) bond motifs is 1. The average Bonchev–Trinajstić information content (AvgIpc) is 3.41. The maximum absolute atomic E-state index is 12.7. The van der Waals surface area contributed by atoms with Crippen molar-refractivity contribution in [2.24, 2.45) is 0 Å². The monoisotopic (exact) mass is 773 g/mol. The number of rotatable bonds is 15. The first kappa shape index (κ1) is 38.2. The van der Waals surface area contributed by atoms with Gasteiger partial charge in [-0.2, -0.15) is 24.9 Å². The predicted octanol–water partition coefficient (Wildman–Crippen LogP) is 3.57. The quantitative estimate of drug-likeness (QED) is 0.0499. The number of halogens is 5. The van der Waals surface area contributed by atoms with Crippen LogP contribution < -0.4 is 5.32 Å². The second-order valence-corrected chi connectivity index (χ2v) is 19.9. The first-order valence-corrected chi connectivity index (χ1v) is 20.3. The number of thioether (sulfide) groups is 2. The molecule has 0 radical (unpaired) electrons. The summed E-state index contributed by atoms with van der Waals surface area (Å²) in [7, 11) is -15.9. The van der Waals surface area contributed by atoms with E-state index in [9.17, 15) is 51.8 Å². The highest BCUT2D eigenvalue weighted by Crippen LogP contribution is 2.79. The molecule has 1 aliphatic heterocycles. The van der Waals surface area contributed by atoms with Crippen molar-refractivity contribution >= 4 is 86.5 Å².